The predicted molar refractivity (Wildman–Crippen MR) is 88.0 cm³/mol. The SMILES string of the molecule is C[C@]12CC[C@@H]3C[C@@]1(C[C@H](O)[C@@H]1[C@@]4(C)CCC[C@]12OC4=O)C[C@@]3(C)O. The number of ether oxygens (including phenoxy) is 1. The molecule has 0 aromatic heterocycles. The van der Waals surface area contributed by atoms with Crippen molar-refractivity contribution in [1.29, 1.82) is 0 Å². The number of fused-ring (bicyclic) bond motifs is 1. The second-order valence-corrected chi connectivity index (χ2v) is 10.4. The molecule has 134 valence electrons. The molecule has 5 fully saturated rings. The lowest BCUT2D eigenvalue weighted by Gasteiger charge is -2.66. The molecule has 0 aromatic rings. The Kier molecular flexibility index (Phi) is 2.63. The van der Waals surface area contributed by atoms with Crippen LogP contribution in [0, 0.1) is 28.1 Å². The van der Waals surface area contributed by atoms with E-state index in [1.165, 1.54) is 0 Å². The third kappa shape index (κ3) is 1.38. The normalized spacial score (nSPS) is 64.4. The van der Waals surface area contributed by atoms with Crippen LogP contribution in [0.4, 0.5) is 0 Å². The first kappa shape index (κ1) is 15.6. The molecule has 24 heavy (non-hydrogen) atoms. The van der Waals surface area contributed by atoms with Crippen molar-refractivity contribution < 1.29 is 19.7 Å². The summed E-state index contributed by atoms with van der Waals surface area (Å²) in [6, 6.07) is 0. The van der Waals surface area contributed by atoms with Crippen LogP contribution in [0.2, 0.25) is 0 Å². The molecule has 0 unspecified atom stereocenters. The van der Waals surface area contributed by atoms with Crippen molar-refractivity contribution in [3.05, 3.63) is 0 Å². The van der Waals surface area contributed by atoms with Gasteiger partial charge < -0.3 is 14.9 Å². The first-order chi connectivity index (χ1) is 11.1. The number of carbonyl (C=O) groups excluding carboxylic acids is 1. The first-order valence-corrected chi connectivity index (χ1v) is 9.74. The van der Waals surface area contributed by atoms with Crippen LogP contribution in [0.5, 0.6) is 0 Å². The number of carbonyl (C=O) groups is 1. The number of rotatable bonds is 0. The maximum Gasteiger partial charge on any atom is 0.312 e. The van der Waals surface area contributed by atoms with Gasteiger partial charge in [0.2, 0.25) is 0 Å². The first-order valence-electron chi connectivity index (χ1n) is 9.74. The number of aliphatic hydroxyl groups is 2. The highest BCUT2D eigenvalue weighted by Crippen LogP contribution is 2.78. The predicted octanol–water partition coefficient (Wildman–Crippen LogP) is 2.80. The molecule has 4 saturated carbocycles. The molecule has 4 bridgehead atoms. The Morgan fingerprint density at radius 2 is 1.88 bits per heavy atom. The molecule has 0 radical (unpaired) electrons. The van der Waals surface area contributed by atoms with Gasteiger partial charge in [0.25, 0.3) is 0 Å². The van der Waals surface area contributed by atoms with Gasteiger partial charge in [0, 0.05) is 11.3 Å². The molecule has 0 amide bonds. The zero-order valence-corrected chi connectivity index (χ0v) is 15.1. The number of hydrogen-bond donors (Lipinski definition) is 2. The summed E-state index contributed by atoms with van der Waals surface area (Å²) in [4.78, 5) is 12.8. The summed E-state index contributed by atoms with van der Waals surface area (Å²) in [5, 5.41) is 22.2. The van der Waals surface area contributed by atoms with Crippen LogP contribution >= 0.6 is 0 Å². The monoisotopic (exact) mass is 334 g/mol. The lowest BCUT2D eigenvalue weighted by Crippen LogP contribution is -2.69. The molecular weight excluding hydrogens is 304 g/mol. The Bertz CT molecular complexity index is 629. The quantitative estimate of drug-likeness (QED) is 0.669. The summed E-state index contributed by atoms with van der Waals surface area (Å²) in [7, 11) is 0. The fraction of sp³-hybridized carbons (Fsp3) is 0.950. The van der Waals surface area contributed by atoms with Crippen molar-refractivity contribution in [3.63, 3.8) is 0 Å². The van der Waals surface area contributed by atoms with E-state index in [4.69, 9.17) is 4.74 Å². The highest BCUT2D eigenvalue weighted by atomic mass is 16.6. The lowest BCUT2D eigenvalue weighted by molar-refractivity contribution is -0.252. The fourth-order valence-electron chi connectivity index (χ4n) is 8.35. The van der Waals surface area contributed by atoms with E-state index in [-0.39, 0.29) is 22.7 Å². The van der Waals surface area contributed by atoms with Gasteiger partial charge in [-0.15, -0.1) is 0 Å². The Morgan fingerprint density at radius 1 is 1.12 bits per heavy atom. The molecule has 4 heteroatoms. The minimum atomic E-state index is -0.651. The topological polar surface area (TPSA) is 66.8 Å². The third-order valence-corrected chi connectivity index (χ3v) is 9.47. The largest absolute Gasteiger partial charge is 0.458 e. The standard InChI is InChI=1S/C20H30O4/c1-16-6-4-7-20(24-15(16)22)14(16)13(21)10-19-9-12(17(2,23)11-19)5-8-18(19,20)3/h12-14,21,23H,4-11H2,1-3H3/t12-,13+,14-,16-,17-,18+,19-,20+/m1/s1. The third-order valence-electron chi connectivity index (χ3n) is 9.47. The van der Waals surface area contributed by atoms with Gasteiger partial charge in [0.15, 0.2) is 0 Å². The molecule has 1 aliphatic heterocycles. The van der Waals surface area contributed by atoms with E-state index in [0.29, 0.717) is 5.92 Å². The summed E-state index contributed by atoms with van der Waals surface area (Å²) in [6.45, 7) is 6.30. The van der Waals surface area contributed by atoms with Crippen LogP contribution in [0.3, 0.4) is 0 Å². The van der Waals surface area contributed by atoms with Crippen molar-refractivity contribution in [2.24, 2.45) is 28.1 Å². The molecule has 4 aliphatic carbocycles. The van der Waals surface area contributed by atoms with Gasteiger partial charge in [0.05, 0.1) is 17.1 Å². The Labute approximate surface area is 144 Å². The van der Waals surface area contributed by atoms with Crippen molar-refractivity contribution in [1.82, 2.24) is 0 Å². The van der Waals surface area contributed by atoms with E-state index < -0.39 is 22.7 Å². The molecular formula is C20H30O4. The van der Waals surface area contributed by atoms with E-state index in [1.807, 2.05) is 13.8 Å². The molecule has 1 spiro atoms. The van der Waals surface area contributed by atoms with Gasteiger partial charge in [-0.25, -0.2) is 0 Å². The highest BCUT2D eigenvalue weighted by Gasteiger charge is 2.80. The van der Waals surface area contributed by atoms with E-state index >= 15 is 0 Å². The number of hydrogen-bond acceptors (Lipinski definition) is 4. The van der Waals surface area contributed by atoms with Crippen molar-refractivity contribution >= 4 is 5.97 Å². The average molecular weight is 334 g/mol. The van der Waals surface area contributed by atoms with Gasteiger partial charge in [-0.3, -0.25) is 4.79 Å². The van der Waals surface area contributed by atoms with E-state index in [9.17, 15) is 15.0 Å². The molecule has 5 aliphatic rings. The van der Waals surface area contributed by atoms with Gasteiger partial charge in [-0.2, -0.15) is 0 Å². The van der Waals surface area contributed by atoms with Gasteiger partial charge in [-0.05, 0) is 76.5 Å². The van der Waals surface area contributed by atoms with Crippen LogP contribution in [-0.2, 0) is 9.53 Å². The molecule has 1 heterocycles. The summed E-state index contributed by atoms with van der Waals surface area (Å²) < 4.78 is 6.26. The van der Waals surface area contributed by atoms with E-state index in [1.54, 1.807) is 0 Å². The van der Waals surface area contributed by atoms with E-state index in [2.05, 4.69) is 6.92 Å². The van der Waals surface area contributed by atoms with Crippen LogP contribution < -0.4 is 0 Å². The molecule has 0 aromatic carbocycles. The Balaban J connectivity index is 1.71. The second kappa shape index (κ2) is 4.03. The van der Waals surface area contributed by atoms with Crippen molar-refractivity contribution in [2.75, 3.05) is 0 Å². The van der Waals surface area contributed by atoms with Crippen LogP contribution in [0.15, 0.2) is 0 Å². The Morgan fingerprint density at radius 3 is 2.62 bits per heavy atom. The van der Waals surface area contributed by atoms with Gasteiger partial charge >= 0.3 is 5.97 Å². The van der Waals surface area contributed by atoms with Crippen LogP contribution in [0.1, 0.15) is 72.1 Å². The van der Waals surface area contributed by atoms with E-state index in [0.717, 1.165) is 51.4 Å². The molecule has 4 nitrogen and oxygen atoms in total. The summed E-state index contributed by atoms with van der Waals surface area (Å²) in [5.41, 5.74) is -1.94. The molecule has 2 N–H and O–H groups in total. The summed E-state index contributed by atoms with van der Waals surface area (Å²) >= 11 is 0. The number of aliphatic hydroxyl groups excluding tert-OH is 1. The molecule has 5 rings (SSSR count). The highest BCUT2D eigenvalue weighted by molar-refractivity contribution is 5.81. The van der Waals surface area contributed by atoms with Crippen molar-refractivity contribution in [2.45, 2.75) is 89.4 Å². The van der Waals surface area contributed by atoms with Crippen molar-refractivity contribution in [3.8, 4) is 0 Å². The summed E-state index contributed by atoms with van der Waals surface area (Å²) in [5.74, 6) is 0.149. The Hall–Kier alpha value is -0.610. The van der Waals surface area contributed by atoms with Crippen LogP contribution in [-0.4, -0.2) is 33.5 Å². The summed E-state index contributed by atoms with van der Waals surface area (Å²) in [6.07, 6.45) is 6.63. The smallest absolute Gasteiger partial charge is 0.312 e. The van der Waals surface area contributed by atoms with Gasteiger partial charge in [0.1, 0.15) is 5.60 Å². The number of esters is 1. The average Bonchev–Trinajstić information content (AvgIpc) is 2.77. The van der Waals surface area contributed by atoms with Gasteiger partial charge in [-0.1, -0.05) is 6.92 Å². The second-order valence-electron chi connectivity index (χ2n) is 10.4. The maximum atomic E-state index is 12.8. The maximum absolute atomic E-state index is 12.8. The zero-order chi connectivity index (χ0) is 17.2. The van der Waals surface area contributed by atoms with Crippen LogP contribution in [0.25, 0.3) is 0 Å². The minimum Gasteiger partial charge on any atom is -0.458 e. The molecule has 1 saturated heterocycles. The molecule has 8 atom stereocenters. The fourth-order valence-corrected chi connectivity index (χ4v) is 8.35. The zero-order valence-electron chi connectivity index (χ0n) is 15.1. The minimum absolute atomic E-state index is 0.0797. The lowest BCUT2D eigenvalue weighted by atomic mass is 9.39.